The Bertz CT molecular complexity index is 608. The Morgan fingerprint density at radius 3 is 2.36 bits per heavy atom. The Labute approximate surface area is 149 Å². The monoisotopic (exact) mass is 346 g/mol. The molecule has 0 unspecified atom stereocenters. The lowest BCUT2D eigenvalue weighted by molar-refractivity contribution is -0.143. The third kappa shape index (κ3) is 3.88. The maximum absolute atomic E-state index is 12.7. The van der Waals surface area contributed by atoms with E-state index in [-0.39, 0.29) is 17.7 Å². The molecular formula is C19H30N4O2. The number of carbonyl (C=O) groups is 2. The predicted molar refractivity (Wildman–Crippen MR) is 96.0 cm³/mol. The van der Waals surface area contributed by atoms with Crippen molar-refractivity contribution in [2.24, 2.45) is 11.8 Å². The first-order chi connectivity index (χ1) is 12.0. The summed E-state index contributed by atoms with van der Waals surface area (Å²) < 4.78 is 0. The third-order valence-corrected chi connectivity index (χ3v) is 5.96. The normalized spacial score (nSPS) is 18.9. The fourth-order valence-corrected chi connectivity index (χ4v) is 3.90. The van der Waals surface area contributed by atoms with Gasteiger partial charge in [-0.25, -0.2) is 0 Å². The molecule has 1 aromatic heterocycles. The van der Waals surface area contributed by atoms with E-state index in [2.05, 4.69) is 10.2 Å². The minimum atomic E-state index is 0.0574. The Morgan fingerprint density at radius 2 is 1.84 bits per heavy atom. The summed E-state index contributed by atoms with van der Waals surface area (Å²) in [5, 5.41) is 7.21. The number of carbonyl (C=O) groups excluding carboxylic acids is 2. The molecule has 25 heavy (non-hydrogen) atoms. The topological polar surface area (TPSA) is 69.3 Å². The summed E-state index contributed by atoms with van der Waals surface area (Å²) in [6, 6.07) is 0. The minimum absolute atomic E-state index is 0.0574. The van der Waals surface area contributed by atoms with Gasteiger partial charge in [0.15, 0.2) is 0 Å². The van der Waals surface area contributed by atoms with Crippen molar-refractivity contribution < 1.29 is 9.59 Å². The molecule has 1 aliphatic heterocycles. The van der Waals surface area contributed by atoms with Crippen molar-refractivity contribution in [2.75, 3.05) is 26.7 Å². The summed E-state index contributed by atoms with van der Waals surface area (Å²) in [6.45, 7) is 6.20. The highest BCUT2D eigenvalue weighted by atomic mass is 16.2. The van der Waals surface area contributed by atoms with E-state index >= 15 is 0 Å². The van der Waals surface area contributed by atoms with E-state index in [1.165, 1.54) is 12.0 Å². The SMILES string of the molecule is Cc1n[nH]c(C)c1CCN(C)C(=O)C1CCN(C(=O)C2CCC2)CC1. The molecule has 2 fully saturated rings. The van der Waals surface area contributed by atoms with Crippen LogP contribution < -0.4 is 0 Å². The van der Waals surface area contributed by atoms with Crippen LogP contribution in [0, 0.1) is 25.7 Å². The number of aromatic amines is 1. The average molecular weight is 346 g/mol. The van der Waals surface area contributed by atoms with E-state index in [0.29, 0.717) is 12.5 Å². The molecule has 6 nitrogen and oxygen atoms in total. The van der Waals surface area contributed by atoms with Crippen molar-refractivity contribution in [1.29, 1.82) is 0 Å². The van der Waals surface area contributed by atoms with Crippen LogP contribution in [0.25, 0.3) is 0 Å². The van der Waals surface area contributed by atoms with Crippen LogP contribution in [0.4, 0.5) is 0 Å². The number of rotatable bonds is 5. The molecule has 2 heterocycles. The molecule has 138 valence electrons. The Hall–Kier alpha value is -1.85. The number of nitrogens with zero attached hydrogens (tertiary/aromatic N) is 3. The molecule has 1 saturated carbocycles. The summed E-state index contributed by atoms with van der Waals surface area (Å²) in [5.74, 6) is 0.851. The fourth-order valence-electron chi connectivity index (χ4n) is 3.90. The van der Waals surface area contributed by atoms with Gasteiger partial charge in [-0.3, -0.25) is 14.7 Å². The molecule has 2 aliphatic rings. The zero-order chi connectivity index (χ0) is 18.0. The first kappa shape index (κ1) is 18.0. The van der Waals surface area contributed by atoms with Gasteiger partial charge in [0, 0.05) is 44.2 Å². The number of likely N-dealkylation sites (N-methyl/N-ethyl adjacent to an activating group) is 1. The quantitative estimate of drug-likeness (QED) is 0.887. The van der Waals surface area contributed by atoms with Crippen LogP contribution in [-0.4, -0.2) is 58.5 Å². The van der Waals surface area contributed by atoms with Gasteiger partial charge in [-0.05, 0) is 51.5 Å². The summed E-state index contributed by atoms with van der Waals surface area (Å²) in [5.41, 5.74) is 3.31. The highest BCUT2D eigenvalue weighted by Gasteiger charge is 2.33. The van der Waals surface area contributed by atoms with Gasteiger partial charge >= 0.3 is 0 Å². The van der Waals surface area contributed by atoms with E-state index in [1.54, 1.807) is 0 Å². The molecule has 0 radical (unpaired) electrons. The van der Waals surface area contributed by atoms with Gasteiger partial charge in [-0.2, -0.15) is 5.10 Å². The number of aromatic nitrogens is 2. The van der Waals surface area contributed by atoms with E-state index in [0.717, 1.165) is 56.6 Å². The van der Waals surface area contributed by atoms with Gasteiger partial charge in [-0.1, -0.05) is 6.42 Å². The second-order valence-corrected chi connectivity index (χ2v) is 7.65. The summed E-state index contributed by atoms with van der Waals surface area (Å²) in [6.07, 6.45) is 5.71. The van der Waals surface area contributed by atoms with Crippen molar-refractivity contribution in [1.82, 2.24) is 20.0 Å². The van der Waals surface area contributed by atoms with E-state index in [9.17, 15) is 9.59 Å². The van der Waals surface area contributed by atoms with E-state index in [4.69, 9.17) is 0 Å². The molecular weight excluding hydrogens is 316 g/mol. The number of piperidine rings is 1. The van der Waals surface area contributed by atoms with Crippen molar-refractivity contribution in [3.8, 4) is 0 Å². The molecule has 0 bridgehead atoms. The second kappa shape index (κ2) is 7.58. The number of hydrogen-bond acceptors (Lipinski definition) is 3. The molecule has 0 aromatic carbocycles. The molecule has 1 aliphatic carbocycles. The predicted octanol–water partition coefficient (Wildman–Crippen LogP) is 2.07. The molecule has 3 rings (SSSR count). The third-order valence-electron chi connectivity index (χ3n) is 5.96. The highest BCUT2D eigenvalue weighted by Crippen LogP contribution is 2.30. The molecule has 1 saturated heterocycles. The van der Waals surface area contributed by atoms with Crippen LogP contribution >= 0.6 is 0 Å². The largest absolute Gasteiger partial charge is 0.345 e. The number of H-pyrrole nitrogens is 1. The lowest BCUT2D eigenvalue weighted by Gasteiger charge is -2.37. The Morgan fingerprint density at radius 1 is 1.16 bits per heavy atom. The maximum atomic E-state index is 12.7. The fraction of sp³-hybridized carbons (Fsp3) is 0.737. The Kier molecular flexibility index (Phi) is 5.45. The smallest absolute Gasteiger partial charge is 0.225 e. The second-order valence-electron chi connectivity index (χ2n) is 7.65. The molecule has 0 atom stereocenters. The maximum Gasteiger partial charge on any atom is 0.225 e. The number of amides is 2. The molecule has 6 heteroatoms. The van der Waals surface area contributed by atoms with Gasteiger partial charge in [0.05, 0.1) is 5.69 Å². The molecule has 1 aromatic rings. The van der Waals surface area contributed by atoms with Crippen molar-refractivity contribution in [2.45, 2.75) is 52.4 Å². The van der Waals surface area contributed by atoms with Crippen LogP contribution in [0.5, 0.6) is 0 Å². The summed E-state index contributed by atoms with van der Waals surface area (Å²) in [4.78, 5) is 28.8. The van der Waals surface area contributed by atoms with Gasteiger partial charge < -0.3 is 9.80 Å². The van der Waals surface area contributed by atoms with Crippen molar-refractivity contribution >= 4 is 11.8 Å². The summed E-state index contributed by atoms with van der Waals surface area (Å²) in [7, 11) is 1.89. The van der Waals surface area contributed by atoms with Crippen LogP contribution in [0.3, 0.4) is 0 Å². The number of aryl methyl sites for hydroxylation is 2. The molecule has 2 amide bonds. The van der Waals surface area contributed by atoms with Crippen molar-refractivity contribution in [3.05, 3.63) is 17.0 Å². The zero-order valence-corrected chi connectivity index (χ0v) is 15.7. The van der Waals surface area contributed by atoms with Gasteiger partial charge in [0.1, 0.15) is 0 Å². The number of likely N-dealkylation sites (tertiary alicyclic amines) is 1. The van der Waals surface area contributed by atoms with Gasteiger partial charge in [0.25, 0.3) is 0 Å². The minimum Gasteiger partial charge on any atom is -0.345 e. The van der Waals surface area contributed by atoms with E-state index < -0.39 is 0 Å². The first-order valence-corrected chi connectivity index (χ1v) is 9.51. The molecule has 0 spiro atoms. The molecule has 1 N–H and O–H groups in total. The van der Waals surface area contributed by atoms with Crippen molar-refractivity contribution in [3.63, 3.8) is 0 Å². The van der Waals surface area contributed by atoms with Crippen LogP contribution in [0.1, 0.15) is 49.1 Å². The standard InChI is InChI=1S/C19H30N4O2/c1-13-17(14(2)21-20-13)9-10-22(3)18(24)16-7-11-23(12-8-16)19(25)15-5-4-6-15/h15-16H,4-12H2,1-3H3,(H,20,21). The van der Waals surface area contributed by atoms with E-state index in [1.807, 2.05) is 30.7 Å². The Balaban J connectivity index is 1.46. The average Bonchev–Trinajstić information content (AvgIpc) is 2.89. The number of hydrogen-bond donors (Lipinski definition) is 1. The van der Waals surface area contributed by atoms with Crippen LogP contribution in [-0.2, 0) is 16.0 Å². The van der Waals surface area contributed by atoms with Gasteiger partial charge in [-0.15, -0.1) is 0 Å². The highest BCUT2D eigenvalue weighted by molar-refractivity contribution is 5.81. The lowest BCUT2D eigenvalue weighted by atomic mass is 9.83. The van der Waals surface area contributed by atoms with Crippen LogP contribution in [0.2, 0.25) is 0 Å². The first-order valence-electron chi connectivity index (χ1n) is 9.51. The zero-order valence-electron chi connectivity index (χ0n) is 15.7. The van der Waals surface area contributed by atoms with Crippen LogP contribution in [0.15, 0.2) is 0 Å². The summed E-state index contributed by atoms with van der Waals surface area (Å²) >= 11 is 0. The number of nitrogens with one attached hydrogen (secondary N) is 1. The lowest BCUT2D eigenvalue weighted by Crippen LogP contribution is -2.46. The van der Waals surface area contributed by atoms with Gasteiger partial charge in [0.2, 0.25) is 11.8 Å².